The van der Waals surface area contributed by atoms with Gasteiger partial charge in [0.15, 0.2) is 0 Å². The van der Waals surface area contributed by atoms with E-state index in [0.717, 1.165) is 22.4 Å². The molecule has 0 bridgehead atoms. The molecule has 0 unspecified atom stereocenters. The lowest BCUT2D eigenvalue weighted by atomic mass is 10.1. The zero-order valence-electron chi connectivity index (χ0n) is 15.9. The molecule has 0 heterocycles. The molecular formula is C17H29O7PS. The van der Waals surface area contributed by atoms with Crippen molar-refractivity contribution in [1.29, 1.82) is 0 Å². The second kappa shape index (κ2) is 10.4. The van der Waals surface area contributed by atoms with Crippen LogP contribution in [0, 0.1) is 13.8 Å². The minimum Gasteiger partial charge on any atom is -0.493 e. The second-order valence-corrected chi connectivity index (χ2v) is 9.63. The van der Waals surface area contributed by atoms with Crippen LogP contribution in [0.4, 0.5) is 0 Å². The standard InChI is InChI=1S/C17H29O7PS/c1-5-23-25(18,24-6-2)13-16-11-14(3)17(15(4)12-16)22-9-7-8-10-26(19,20)21/h11-12H,5-10,13H2,1-4H3,(H,19,20,21). The zero-order chi connectivity index (χ0) is 19.8. The molecule has 0 atom stereocenters. The van der Waals surface area contributed by atoms with Gasteiger partial charge in [-0.2, -0.15) is 8.42 Å². The first kappa shape index (κ1) is 23.1. The van der Waals surface area contributed by atoms with Crippen molar-refractivity contribution in [3.8, 4) is 5.75 Å². The molecule has 1 aromatic carbocycles. The van der Waals surface area contributed by atoms with Crippen molar-refractivity contribution in [2.24, 2.45) is 0 Å². The molecule has 0 aliphatic rings. The molecule has 1 rings (SSSR count). The highest BCUT2D eigenvalue weighted by Crippen LogP contribution is 2.51. The third-order valence-electron chi connectivity index (χ3n) is 3.59. The van der Waals surface area contributed by atoms with Gasteiger partial charge in [-0.1, -0.05) is 12.1 Å². The summed E-state index contributed by atoms with van der Waals surface area (Å²) in [5.41, 5.74) is 2.65. The van der Waals surface area contributed by atoms with Crippen molar-refractivity contribution >= 4 is 17.7 Å². The molecule has 0 aromatic heterocycles. The quantitative estimate of drug-likeness (QED) is 0.315. The van der Waals surface area contributed by atoms with Crippen LogP contribution in [-0.4, -0.2) is 38.5 Å². The van der Waals surface area contributed by atoms with Crippen molar-refractivity contribution < 1.29 is 31.3 Å². The summed E-state index contributed by atoms with van der Waals surface area (Å²) in [6, 6.07) is 3.79. The Morgan fingerprint density at radius 1 is 1.04 bits per heavy atom. The molecule has 0 spiro atoms. The van der Waals surface area contributed by atoms with Crippen LogP contribution < -0.4 is 4.74 Å². The van der Waals surface area contributed by atoms with Crippen LogP contribution in [0.1, 0.15) is 43.4 Å². The lowest BCUT2D eigenvalue weighted by molar-refractivity contribution is 0.219. The molecule has 26 heavy (non-hydrogen) atoms. The smallest absolute Gasteiger partial charge is 0.335 e. The molecule has 1 aromatic rings. The lowest BCUT2D eigenvalue weighted by Gasteiger charge is -2.19. The van der Waals surface area contributed by atoms with Gasteiger partial charge >= 0.3 is 7.60 Å². The van der Waals surface area contributed by atoms with E-state index < -0.39 is 17.7 Å². The van der Waals surface area contributed by atoms with Crippen LogP contribution >= 0.6 is 7.60 Å². The second-order valence-electron chi connectivity index (χ2n) is 6.00. The summed E-state index contributed by atoms with van der Waals surface area (Å²) in [5, 5.41) is 0. The summed E-state index contributed by atoms with van der Waals surface area (Å²) in [6.07, 6.45) is 1.05. The maximum Gasteiger partial charge on any atom is 0.335 e. The number of hydrogen-bond acceptors (Lipinski definition) is 6. The molecule has 0 amide bonds. The van der Waals surface area contributed by atoms with Gasteiger partial charge in [-0.15, -0.1) is 0 Å². The van der Waals surface area contributed by atoms with Crippen LogP contribution in [0.3, 0.4) is 0 Å². The maximum absolute atomic E-state index is 12.7. The molecule has 0 saturated carbocycles. The summed E-state index contributed by atoms with van der Waals surface area (Å²) < 4.78 is 59.2. The van der Waals surface area contributed by atoms with Gasteiger partial charge in [0.25, 0.3) is 10.1 Å². The number of aryl methyl sites for hydroxylation is 2. The van der Waals surface area contributed by atoms with Crippen molar-refractivity contribution in [3.05, 3.63) is 28.8 Å². The summed E-state index contributed by atoms with van der Waals surface area (Å²) in [5.74, 6) is 0.459. The highest BCUT2D eigenvalue weighted by Gasteiger charge is 2.24. The Bertz CT molecular complexity index is 698. The molecule has 150 valence electrons. The Morgan fingerprint density at radius 2 is 1.58 bits per heavy atom. The fourth-order valence-corrected chi connectivity index (χ4v) is 4.91. The monoisotopic (exact) mass is 408 g/mol. The van der Waals surface area contributed by atoms with Crippen LogP contribution in [0.15, 0.2) is 12.1 Å². The Hall–Kier alpha value is -0.920. The van der Waals surface area contributed by atoms with Crippen LogP contribution in [-0.2, 0) is 29.9 Å². The van der Waals surface area contributed by atoms with E-state index in [1.54, 1.807) is 13.8 Å². The predicted molar refractivity (Wildman–Crippen MR) is 102 cm³/mol. The van der Waals surface area contributed by atoms with Crippen LogP contribution in [0.2, 0.25) is 0 Å². The third kappa shape index (κ3) is 8.18. The number of unbranched alkanes of at least 4 members (excludes halogenated alkanes) is 1. The van der Waals surface area contributed by atoms with Gasteiger partial charge in [0, 0.05) is 0 Å². The van der Waals surface area contributed by atoms with Gasteiger partial charge in [-0.3, -0.25) is 9.12 Å². The first-order valence-corrected chi connectivity index (χ1v) is 12.0. The Kier molecular flexibility index (Phi) is 9.27. The Morgan fingerprint density at radius 3 is 2.04 bits per heavy atom. The van der Waals surface area contributed by atoms with Gasteiger partial charge in [0.2, 0.25) is 0 Å². The van der Waals surface area contributed by atoms with E-state index >= 15 is 0 Å². The molecule has 0 aliphatic heterocycles. The molecule has 9 heteroatoms. The van der Waals surface area contributed by atoms with Crippen LogP contribution in [0.5, 0.6) is 5.75 Å². The summed E-state index contributed by atoms with van der Waals surface area (Å²) in [6.45, 7) is 8.35. The van der Waals surface area contributed by atoms with E-state index in [2.05, 4.69) is 0 Å². The molecule has 1 N–H and O–H groups in total. The normalized spacial score (nSPS) is 12.3. The molecule has 0 saturated heterocycles. The van der Waals surface area contributed by atoms with Crippen LogP contribution in [0.25, 0.3) is 0 Å². The van der Waals surface area contributed by atoms with E-state index in [9.17, 15) is 13.0 Å². The summed E-state index contributed by atoms with van der Waals surface area (Å²) >= 11 is 0. The molecular weight excluding hydrogens is 379 g/mol. The molecule has 0 aliphatic carbocycles. The Labute approximate surface area is 156 Å². The third-order valence-corrected chi connectivity index (χ3v) is 6.45. The van der Waals surface area contributed by atoms with E-state index in [0.29, 0.717) is 32.7 Å². The van der Waals surface area contributed by atoms with Gasteiger partial charge in [-0.05, 0) is 57.2 Å². The van der Waals surface area contributed by atoms with Crippen molar-refractivity contribution in [2.75, 3.05) is 25.6 Å². The molecule has 0 fully saturated rings. The van der Waals surface area contributed by atoms with Gasteiger partial charge < -0.3 is 13.8 Å². The number of hydrogen-bond donors (Lipinski definition) is 1. The topological polar surface area (TPSA) is 99.1 Å². The van der Waals surface area contributed by atoms with E-state index in [4.69, 9.17) is 18.3 Å². The van der Waals surface area contributed by atoms with Crippen molar-refractivity contribution in [3.63, 3.8) is 0 Å². The minimum atomic E-state index is -3.92. The highest BCUT2D eigenvalue weighted by molar-refractivity contribution is 7.85. The van der Waals surface area contributed by atoms with Crippen molar-refractivity contribution in [2.45, 2.75) is 46.7 Å². The van der Waals surface area contributed by atoms with E-state index in [1.165, 1.54) is 0 Å². The number of benzene rings is 1. The fourth-order valence-electron chi connectivity index (χ4n) is 2.67. The highest BCUT2D eigenvalue weighted by atomic mass is 32.2. The average Bonchev–Trinajstić information content (AvgIpc) is 2.48. The maximum atomic E-state index is 12.7. The fraction of sp³-hybridized carbons (Fsp3) is 0.647. The SMILES string of the molecule is CCOP(=O)(Cc1cc(C)c(OCCCCS(=O)(=O)O)c(C)c1)OCC. The van der Waals surface area contributed by atoms with Gasteiger partial charge in [0.05, 0.1) is 31.7 Å². The first-order valence-electron chi connectivity index (χ1n) is 8.66. The zero-order valence-corrected chi connectivity index (χ0v) is 17.6. The predicted octanol–water partition coefficient (Wildman–Crippen LogP) is 4.12. The van der Waals surface area contributed by atoms with Gasteiger partial charge in [0.1, 0.15) is 5.75 Å². The number of ether oxygens (including phenoxy) is 1. The summed E-state index contributed by atoms with van der Waals surface area (Å²) in [4.78, 5) is 0. The van der Waals surface area contributed by atoms with Gasteiger partial charge in [-0.25, -0.2) is 0 Å². The molecule has 7 nitrogen and oxygen atoms in total. The minimum absolute atomic E-state index is 0.199. The van der Waals surface area contributed by atoms with E-state index in [1.807, 2.05) is 26.0 Å². The molecule has 0 radical (unpaired) electrons. The van der Waals surface area contributed by atoms with Crippen molar-refractivity contribution in [1.82, 2.24) is 0 Å². The largest absolute Gasteiger partial charge is 0.493 e. The average molecular weight is 408 g/mol. The number of rotatable bonds is 12. The Balaban J connectivity index is 2.74. The first-order chi connectivity index (χ1) is 12.1. The van der Waals surface area contributed by atoms with E-state index in [-0.39, 0.29) is 11.9 Å². The lowest BCUT2D eigenvalue weighted by Crippen LogP contribution is -2.07. The summed E-state index contributed by atoms with van der Waals surface area (Å²) in [7, 11) is -7.09.